The van der Waals surface area contributed by atoms with Crippen molar-refractivity contribution < 1.29 is 9.30 Å². The molecule has 0 atom stereocenters. The van der Waals surface area contributed by atoms with Crippen LogP contribution in [0.1, 0.15) is 40.7 Å². The number of aromatic nitrogens is 2. The van der Waals surface area contributed by atoms with Crippen LogP contribution >= 0.6 is 0 Å². The minimum Gasteiger partial charge on any atom is -0.326 e. The Morgan fingerprint density at radius 3 is 2.54 bits per heavy atom. The lowest BCUT2D eigenvalue weighted by Crippen LogP contribution is -3.13. The molecule has 1 fully saturated rings. The zero-order valence-corrected chi connectivity index (χ0v) is 21.5. The molecule has 1 aliphatic heterocycles. The van der Waals surface area contributed by atoms with Crippen molar-refractivity contribution in [1.29, 1.82) is 5.26 Å². The molecule has 37 heavy (non-hydrogen) atoms. The molecule has 0 saturated carbocycles. The average molecular weight is 488 g/mol. The maximum Gasteiger partial charge on any atom is 0.250 e. The van der Waals surface area contributed by atoms with Gasteiger partial charge in [-0.2, -0.15) is 9.66 Å². The van der Waals surface area contributed by atoms with Gasteiger partial charge in [-0.3, -0.25) is 9.88 Å². The largest absolute Gasteiger partial charge is 0.326 e. The highest BCUT2D eigenvalue weighted by Gasteiger charge is 2.34. The van der Waals surface area contributed by atoms with Gasteiger partial charge in [-0.15, -0.1) is 0 Å². The molecule has 0 radical (unpaired) electrons. The molecular weight excluding hydrogens is 454 g/mol. The standard InChI is InChI=1S/C32H31N5/c1-22-14-15-23-8-2-3-9-24(23)28(22)21-35-16-18-36(19-17-35)32-26-11-5-4-10-25(26)27(20-33)31-34-29-12-6-7-13-30(29)37(31)32/h2-3,6-9,12-15H,4-5,10-11,16-19,21H2,1H3/p+2. The van der Waals surface area contributed by atoms with E-state index in [9.17, 15) is 5.26 Å². The highest BCUT2D eigenvalue weighted by Crippen LogP contribution is 2.33. The second-order valence-electron chi connectivity index (χ2n) is 10.8. The Morgan fingerprint density at radius 1 is 0.946 bits per heavy atom. The first-order valence-electron chi connectivity index (χ1n) is 13.7. The molecule has 2 aromatic heterocycles. The van der Waals surface area contributed by atoms with E-state index in [0.717, 1.165) is 62.3 Å². The molecule has 1 saturated heterocycles. The Hall–Kier alpha value is -3.88. The number of aromatic amines is 1. The van der Waals surface area contributed by atoms with Crippen molar-refractivity contribution in [3.63, 3.8) is 0 Å². The molecule has 0 bridgehead atoms. The maximum atomic E-state index is 10.2. The van der Waals surface area contributed by atoms with Crippen LogP contribution in [0.5, 0.6) is 0 Å². The smallest absolute Gasteiger partial charge is 0.250 e. The Morgan fingerprint density at radius 2 is 1.70 bits per heavy atom. The lowest BCUT2D eigenvalue weighted by molar-refractivity contribution is -0.914. The number of nitrogens with zero attached hydrogens (tertiary/aromatic N) is 3. The van der Waals surface area contributed by atoms with E-state index < -0.39 is 0 Å². The monoisotopic (exact) mass is 487 g/mol. The maximum absolute atomic E-state index is 10.2. The number of imidazole rings is 1. The molecule has 2 N–H and O–H groups in total. The number of aryl methyl sites for hydroxylation is 1. The number of benzene rings is 3. The fraction of sp³-hybridized carbons (Fsp3) is 0.312. The number of hydrogen-bond acceptors (Lipinski definition) is 2. The van der Waals surface area contributed by atoms with E-state index in [-0.39, 0.29) is 0 Å². The molecule has 1 aliphatic carbocycles. The molecule has 5 nitrogen and oxygen atoms in total. The van der Waals surface area contributed by atoms with Crippen LogP contribution in [0.4, 0.5) is 5.82 Å². The van der Waals surface area contributed by atoms with Crippen molar-refractivity contribution in [2.75, 3.05) is 31.1 Å². The second kappa shape index (κ2) is 8.90. The third kappa shape index (κ3) is 3.59. The molecule has 7 rings (SSSR count). The molecule has 2 aliphatic rings. The molecule has 184 valence electrons. The van der Waals surface area contributed by atoms with Crippen LogP contribution in [-0.2, 0) is 19.4 Å². The summed E-state index contributed by atoms with van der Waals surface area (Å²) in [6.07, 6.45) is 4.43. The summed E-state index contributed by atoms with van der Waals surface area (Å²) in [7, 11) is 0. The first kappa shape index (κ1) is 22.3. The van der Waals surface area contributed by atoms with Crippen LogP contribution in [-0.4, -0.2) is 31.2 Å². The number of nitriles is 1. The van der Waals surface area contributed by atoms with E-state index in [1.165, 1.54) is 57.2 Å². The fourth-order valence-corrected chi connectivity index (χ4v) is 6.77. The van der Waals surface area contributed by atoms with Gasteiger partial charge in [0.05, 0.1) is 0 Å². The van der Waals surface area contributed by atoms with Crippen molar-refractivity contribution in [2.45, 2.75) is 39.2 Å². The first-order valence-corrected chi connectivity index (χ1v) is 13.7. The summed E-state index contributed by atoms with van der Waals surface area (Å²) in [5.74, 6) is 1.32. The second-order valence-corrected chi connectivity index (χ2v) is 10.8. The van der Waals surface area contributed by atoms with Crippen molar-refractivity contribution in [3.8, 4) is 6.07 Å². The molecule has 0 amide bonds. The fourth-order valence-electron chi connectivity index (χ4n) is 6.77. The summed E-state index contributed by atoms with van der Waals surface area (Å²) in [6.45, 7) is 7.61. The number of pyridine rings is 1. The van der Waals surface area contributed by atoms with Gasteiger partial charge in [0.2, 0.25) is 11.5 Å². The van der Waals surface area contributed by atoms with Gasteiger partial charge in [0.15, 0.2) is 0 Å². The number of rotatable bonds is 3. The van der Waals surface area contributed by atoms with E-state index in [4.69, 9.17) is 0 Å². The van der Waals surface area contributed by atoms with Gasteiger partial charge in [-0.1, -0.05) is 48.5 Å². The minimum atomic E-state index is 0.838. The van der Waals surface area contributed by atoms with E-state index >= 15 is 0 Å². The van der Waals surface area contributed by atoms with Crippen LogP contribution in [0.15, 0.2) is 60.7 Å². The van der Waals surface area contributed by atoms with E-state index in [1.807, 2.05) is 0 Å². The molecular formula is C32H33N5+2. The van der Waals surface area contributed by atoms with Crippen molar-refractivity contribution in [1.82, 2.24) is 4.98 Å². The van der Waals surface area contributed by atoms with E-state index in [0.29, 0.717) is 0 Å². The molecule has 3 aromatic carbocycles. The Kier molecular flexibility index (Phi) is 5.37. The van der Waals surface area contributed by atoms with Crippen LogP contribution in [0.25, 0.3) is 27.5 Å². The Bertz CT molecular complexity index is 1700. The van der Waals surface area contributed by atoms with Crippen molar-refractivity contribution in [3.05, 3.63) is 88.5 Å². The Labute approximate surface area is 217 Å². The van der Waals surface area contributed by atoms with Gasteiger partial charge in [0.1, 0.15) is 55.4 Å². The van der Waals surface area contributed by atoms with E-state index in [1.54, 1.807) is 4.90 Å². The summed E-state index contributed by atoms with van der Waals surface area (Å²) in [5, 5.41) is 12.9. The Balaban J connectivity index is 1.26. The predicted molar refractivity (Wildman–Crippen MR) is 148 cm³/mol. The van der Waals surface area contributed by atoms with Crippen molar-refractivity contribution in [2.24, 2.45) is 0 Å². The number of H-pyrrole nitrogens is 1. The van der Waals surface area contributed by atoms with Crippen LogP contribution in [0, 0.1) is 18.3 Å². The molecule has 5 heteroatoms. The van der Waals surface area contributed by atoms with Gasteiger partial charge in [-0.05, 0) is 66.6 Å². The van der Waals surface area contributed by atoms with Gasteiger partial charge < -0.3 is 4.90 Å². The minimum absolute atomic E-state index is 0.838. The molecule has 3 heterocycles. The third-order valence-electron chi connectivity index (χ3n) is 8.69. The number of para-hydroxylation sites is 2. The highest BCUT2D eigenvalue weighted by molar-refractivity contribution is 5.86. The number of anilines is 1. The summed E-state index contributed by atoms with van der Waals surface area (Å²) >= 11 is 0. The lowest BCUT2D eigenvalue weighted by atomic mass is 9.88. The molecule has 0 spiro atoms. The number of quaternary nitrogens is 1. The van der Waals surface area contributed by atoms with Crippen LogP contribution in [0.3, 0.4) is 0 Å². The lowest BCUT2D eigenvalue weighted by Gasteiger charge is -2.33. The van der Waals surface area contributed by atoms with Gasteiger partial charge in [0.25, 0.3) is 0 Å². The number of nitrogens with one attached hydrogen (secondary N) is 2. The van der Waals surface area contributed by atoms with E-state index in [2.05, 4.69) is 87.9 Å². The molecule has 0 unspecified atom stereocenters. The highest BCUT2D eigenvalue weighted by atomic mass is 15.3. The first-order chi connectivity index (χ1) is 18.2. The zero-order valence-electron chi connectivity index (χ0n) is 21.5. The molecule has 5 aromatic rings. The SMILES string of the molecule is Cc1ccc2ccccc2c1C[NH+]1CCN(c2c3c(c(C#N)c4[nH]c5ccccc5[n+]24)CCCC3)CC1. The van der Waals surface area contributed by atoms with Gasteiger partial charge in [0, 0.05) is 11.1 Å². The van der Waals surface area contributed by atoms with Crippen molar-refractivity contribution >= 4 is 33.3 Å². The van der Waals surface area contributed by atoms with Crippen LogP contribution in [0.2, 0.25) is 0 Å². The number of fused-ring (bicyclic) bond motifs is 5. The summed E-state index contributed by atoms with van der Waals surface area (Å²) in [5.41, 5.74) is 9.62. The third-order valence-corrected chi connectivity index (χ3v) is 8.69. The average Bonchev–Trinajstić information content (AvgIpc) is 3.33. The summed E-state index contributed by atoms with van der Waals surface area (Å²) in [6, 6.07) is 24.4. The zero-order chi connectivity index (χ0) is 24.9. The van der Waals surface area contributed by atoms with Crippen LogP contribution < -0.4 is 14.2 Å². The quantitative estimate of drug-likeness (QED) is 0.378. The summed E-state index contributed by atoms with van der Waals surface area (Å²) in [4.78, 5) is 7.86. The number of piperazine rings is 1. The van der Waals surface area contributed by atoms with Gasteiger partial charge in [-0.25, -0.2) is 0 Å². The topological polar surface area (TPSA) is 51.4 Å². The summed E-state index contributed by atoms with van der Waals surface area (Å²) < 4.78 is 2.36. The number of hydrogen-bond donors (Lipinski definition) is 2. The predicted octanol–water partition coefficient (Wildman–Crippen LogP) is 4.02. The van der Waals surface area contributed by atoms with Gasteiger partial charge >= 0.3 is 0 Å². The normalized spacial score (nSPS) is 16.4.